The van der Waals surface area contributed by atoms with E-state index in [1.165, 1.54) is 0 Å². The summed E-state index contributed by atoms with van der Waals surface area (Å²) in [6.07, 6.45) is 6.13. The Morgan fingerprint density at radius 1 is 0.974 bits per heavy atom. The van der Waals surface area contributed by atoms with Crippen LogP contribution in [-0.4, -0.2) is 46.3 Å². The minimum absolute atomic E-state index is 0.231. The van der Waals surface area contributed by atoms with Crippen molar-refractivity contribution < 1.29 is 8.42 Å². The van der Waals surface area contributed by atoms with Crippen LogP contribution in [0.5, 0.6) is 0 Å². The van der Waals surface area contributed by atoms with Crippen molar-refractivity contribution in [3.8, 4) is 5.69 Å². The highest BCUT2D eigenvalue weighted by Crippen LogP contribution is 2.46. The molecule has 4 heterocycles. The van der Waals surface area contributed by atoms with Gasteiger partial charge in [0.05, 0.1) is 22.3 Å². The van der Waals surface area contributed by atoms with E-state index in [1.807, 2.05) is 52.9 Å². The van der Waals surface area contributed by atoms with E-state index in [9.17, 15) is 8.42 Å². The first-order chi connectivity index (χ1) is 18.6. The van der Waals surface area contributed by atoms with E-state index in [2.05, 4.69) is 13.8 Å². The molecule has 3 aromatic rings. The van der Waals surface area contributed by atoms with Gasteiger partial charge in [-0.25, -0.2) is 18.1 Å². The van der Waals surface area contributed by atoms with Crippen molar-refractivity contribution >= 4 is 44.9 Å². The van der Waals surface area contributed by atoms with Crippen molar-refractivity contribution in [3.05, 3.63) is 98.7 Å². The highest BCUT2D eigenvalue weighted by atomic mass is 35.5. The van der Waals surface area contributed by atoms with Crippen molar-refractivity contribution in [1.82, 2.24) is 19.0 Å². The molecule has 202 valence electrons. The van der Waals surface area contributed by atoms with Gasteiger partial charge in [-0.1, -0.05) is 61.3 Å². The number of nitrogens with zero attached hydrogens (tertiary/aromatic N) is 5. The number of aryl methyl sites for hydroxylation is 1. The first-order valence-corrected chi connectivity index (χ1v) is 15.2. The maximum Gasteiger partial charge on any atom is 0.244 e. The van der Waals surface area contributed by atoms with Gasteiger partial charge >= 0.3 is 0 Å². The number of rotatable bonds is 4. The predicted molar refractivity (Wildman–Crippen MR) is 156 cm³/mol. The number of para-hydroxylation sites is 1. The lowest BCUT2D eigenvalue weighted by Crippen LogP contribution is -2.44. The molecule has 3 aliphatic rings. The molecule has 1 fully saturated rings. The van der Waals surface area contributed by atoms with Crippen LogP contribution >= 0.6 is 23.2 Å². The van der Waals surface area contributed by atoms with Crippen LogP contribution in [-0.2, 0) is 10.0 Å². The molecule has 0 N–H and O–H groups in total. The number of sulfonamides is 1. The highest BCUT2D eigenvalue weighted by molar-refractivity contribution is 7.93. The van der Waals surface area contributed by atoms with Gasteiger partial charge in [-0.3, -0.25) is 0 Å². The molecule has 0 saturated carbocycles. The van der Waals surface area contributed by atoms with Gasteiger partial charge in [0.1, 0.15) is 5.84 Å². The number of halogens is 2. The van der Waals surface area contributed by atoms with Crippen LogP contribution in [0.3, 0.4) is 0 Å². The number of aromatic nitrogens is 2. The zero-order chi connectivity index (χ0) is 27.5. The summed E-state index contributed by atoms with van der Waals surface area (Å²) < 4.78 is 31.1. The smallest absolute Gasteiger partial charge is 0.244 e. The Labute approximate surface area is 239 Å². The molecule has 39 heavy (non-hydrogen) atoms. The third-order valence-electron chi connectivity index (χ3n) is 7.51. The van der Waals surface area contributed by atoms with Crippen LogP contribution in [0.1, 0.15) is 43.1 Å². The largest absolute Gasteiger partial charge is 0.320 e. The molecule has 1 aromatic heterocycles. The first kappa shape index (κ1) is 26.3. The number of fused-ring (bicyclic) bond motifs is 2. The molecule has 3 atom stereocenters. The van der Waals surface area contributed by atoms with Crippen molar-refractivity contribution in [2.24, 2.45) is 16.8 Å². The third-order valence-corrected chi connectivity index (χ3v) is 9.89. The first-order valence-electron chi connectivity index (χ1n) is 13.0. The number of hydrogen-bond donors (Lipinski definition) is 0. The van der Waals surface area contributed by atoms with Crippen molar-refractivity contribution in [3.63, 3.8) is 0 Å². The van der Waals surface area contributed by atoms with Gasteiger partial charge in [0.2, 0.25) is 10.0 Å². The second kappa shape index (κ2) is 9.93. The SMILES string of the molecule is Cc1nn(-c2ccccc2)c2c1[C@H](c1ccc(Cl)cc1Cl)N1C=C(S(=O)(=O)N3C[C@@H](C)C[C@H](C)C3)C=CC1=N2. The molecule has 0 radical (unpaired) electrons. The lowest BCUT2D eigenvalue weighted by molar-refractivity contribution is 0.224. The minimum atomic E-state index is -3.71. The lowest BCUT2D eigenvalue weighted by atomic mass is 9.94. The third kappa shape index (κ3) is 4.63. The Kier molecular flexibility index (Phi) is 6.70. The molecule has 3 aliphatic heterocycles. The normalized spacial score (nSPS) is 23.2. The number of hydrogen-bond acceptors (Lipinski definition) is 5. The molecule has 2 aromatic carbocycles. The molecular formula is C29H29Cl2N5O2S. The predicted octanol–water partition coefficient (Wildman–Crippen LogP) is 6.64. The van der Waals surface area contributed by atoms with Crippen LogP contribution in [0.15, 0.2) is 76.8 Å². The number of amidine groups is 1. The van der Waals surface area contributed by atoms with Gasteiger partial charge < -0.3 is 4.90 Å². The molecule has 10 heteroatoms. The van der Waals surface area contributed by atoms with E-state index in [0.717, 1.165) is 28.9 Å². The van der Waals surface area contributed by atoms with Gasteiger partial charge in [-0.05, 0) is 67.2 Å². The monoisotopic (exact) mass is 581 g/mol. The molecule has 7 nitrogen and oxygen atoms in total. The molecule has 1 saturated heterocycles. The van der Waals surface area contributed by atoms with Crippen molar-refractivity contribution in [2.75, 3.05) is 13.1 Å². The molecule has 0 aliphatic carbocycles. The number of allylic oxidation sites excluding steroid dienone is 1. The van der Waals surface area contributed by atoms with E-state index >= 15 is 0 Å². The summed E-state index contributed by atoms with van der Waals surface area (Å²) in [7, 11) is -3.71. The Morgan fingerprint density at radius 2 is 1.69 bits per heavy atom. The number of piperidine rings is 1. The Morgan fingerprint density at radius 3 is 2.38 bits per heavy atom. The molecule has 0 spiro atoms. The molecule has 6 rings (SSSR count). The average Bonchev–Trinajstić information content (AvgIpc) is 3.23. The van der Waals surface area contributed by atoms with E-state index in [4.69, 9.17) is 33.3 Å². The highest BCUT2D eigenvalue weighted by Gasteiger charge is 2.39. The Balaban J connectivity index is 1.51. The van der Waals surface area contributed by atoms with Gasteiger partial charge in [0, 0.05) is 34.9 Å². The summed E-state index contributed by atoms with van der Waals surface area (Å²) in [6, 6.07) is 14.8. The second-order valence-corrected chi connectivity index (χ2v) is 13.4. The van der Waals surface area contributed by atoms with Crippen LogP contribution in [0.2, 0.25) is 10.0 Å². The second-order valence-electron chi connectivity index (χ2n) is 10.6. The van der Waals surface area contributed by atoms with E-state index in [-0.39, 0.29) is 4.91 Å². The average molecular weight is 583 g/mol. The van der Waals surface area contributed by atoms with Gasteiger partial charge in [0.15, 0.2) is 5.82 Å². The van der Waals surface area contributed by atoms with Gasteiger partial charge in [-0.2, -0.15) is 9.40 Å². The van der Waals surface area contributed by atoms with Crippen LogP contribution in [0.4, 0.5) is 5.82 Å². The molecular weight excluding hydrogens is 553 g/mol. The van der Waals surface area contributed by atoms with Crippen LogP contribution in [0, 0.1) is 18.8 Å². The summed E-state index contributed by atoms with van der Waals surface area (Å²) in [4.78, 5) is 7.10. The summed E-state index contributed by atoms with van der Waals surface area (Å²) >= 11 is 13.0. The molecule has 0 amide bonds. The summed E-state index contributed by atoms with van der Waals surface area (Å²) in [5.41, 5.74) is 3.30. The van der Waals surface area contributed by atoms with E-state index in [0.29, 0.717) is 46.6 Å². The molecule has 0 unspecified atom stereocenters. The number of aliphatic imine (C=N–C) groups is 1. The fourth-order valence-electron chi connectivity index (χ4n) is 5.87. The molecule has 0 bridgehead atoms. The lowest BCUT2D eigenvalue weighted by Gasteiger charge is -2.38. The maximum atomic E-state index is 13.8. The minimum Gasteiger partial charge on any atom is -0.320 e. The quantitative estimate of drug-likeness (QED) is 0.346. The summed E-state index contributed by atoms with van der Waals surface area (Å²) in [6.45, 7) is 7.17. The zero-order valence-corrected chi connectivity index (χ0v) is 24.2. The maximum absolute atomic E-state index is 13.8. The number of benzene rings is 2. The van der Waals surface area contributed by atoms with Crippen LogP contribution < -0.4 is 0 Å². The van der Waals surface area contributed by atoms with Crippen LogP contribution in [0.25, 0.3) is 5.69 Å². The van der Waals surface area contributed by atoms with E-state index in [1.54, 1.807) is 34.8 Å². The van der Waals surface area contributed by atoms with Gasteiger partial charge in [-0.15, -0.1) is 0 Å². The van der Waals surface area contributed by atoms with Gasteiger partial charge in [0.25, 0.3) is 0 Å². The Bertz CT molecular complexity index is 1640. The Hall–Kier alpha value is -2.91. The van der Waals surface area contributed by atoms with E-state index < -0.39 is 16.1 Å². The topological polar surface area (TPSA) is 70.8 Å². The standard InChI is InChI=1S/C29H29Cl2N5O2S/c1-18-13-19(2)16-34(15-18)39(37,38)23-10-12-26-32-29-27(20(3)33-36(29)22-7-5-4-6-8-22)28(35(26)17-23)24-11-9-21(30)14-25(24)31/h4-12,14,17-19,28H,13,15-16H2,1-3H3/t18-,19-,28-/m0/s1. The fraction of sp³-hybridized carbons (Fsp3) is 0.310. The zero-order valence-electron chi connectivity index (χ0n) is 21.9. The van der Waals surface area contributed by atoms with Crippen molar-refractivity contribution in [2.45, 2.75) is 33.2 Å². The summed E-state index contributed by atoms with van der Waals surface area (Å²) in [5.74, 6) is 1.90. The summed E-state index contributed by atoms with van der Waals surface area (Å²) in [5, 5.41) is 5.85. The van der Waals surface area contributed by atoms with Crippen molar-refractivity contribution in [1.29, 1.82) is 0 Å². The fourth-order valence-corrected chi connectivity index (χ4v) is 8.07.